The van der Waals surface area contributed by atoms with Crippen molar-refractivity contribution in [2.45, 2.75) is 13.3 Å². The monoisotopic (exact) mass is 657 g/mol. The molecule has 0 bridgehead atoms. The fraction of sp³-hybridized carbons (Fsp3) is 0.0612. The average Bonchev–Trinajstić information content (AvgIpc) is 3.19. The standard InChI is InChI=1S/C49H39NO/c1-34-27-43(36-15-7-3-8-16-36)30-44(28-34)41-23-25-48(50-45-22-12-20-39(31-45)35-13-5-2-6-14-35)46(32-41)42-21-11-19-38(29-42)40-24-26-49(51)47(33-40)37-17-9-4-10-18-37/h2-26,28-34,50-51H,27H2,1H3/t34-/m0/s1. The van der Waals surface area contributed by atoms with Gasteiger partial charge in [-0.3, -0.25) is 0 Å². The Balaban J connectivity index is 1.22. The molecule has 0 amide bonds. The van der Waals surface area contributed by atoms with Crippen LogP contribution in [-0.4, -0.2) is 5.11 Å². The molecule has 246 valence electrons. The van der Waals surface area contributed by atoms with Crippen molar-refractivity contribution < 1.29 is 5.11 Å². The van der Waals surface area contributed by atoms with Crippen LogP contribution in [0.3, 0.4) is 0 Å². The van der Waals surface area contributed by atoms with E-state index in [1.165, 1.54) is 33.4 Å². The van der Waals surface area contributed by atoms with Gasteiger partial charge in [0.1, 0.15) is 5.75 Å². The second-order valence-corrected chi connectivity index (χ2v) is 13.3. The maximum atomic E-state index is 10.8. The first-order valence-electron chi connectivity index (χ1n) is 17.6. The molecular formula is C49H39NO. The molecule has 8 rings (SSSR count). The van der Waals surface area contributed by atoms with Crippen LogP contribution in [0.1, 0.15) is 24.5 Å². The van der Waals surface area contributed by atoms with Crippen LogP contribution in [0.25, 0.3) is 55.7 Å². The molecule has 1 atom stereocenters. The summed E-state index contributed by atoms with van der Waals surface area (Å²) in [6, 6.07) is 61.3. The zero-order valence-corrected chi connectivity index (χ0v) is 28.6. The highest BCUT2D eigenvalue weighted by Gasteiger charge is 2.17. The van der Waals surface area contributed by atoms with Gasteiger partial charge in [-0.2, -0.15) is 0 Å². The fourth-order valence-electron chi connectivity index (χ4n) is 7.11. The second kappa shape index (κ2) is 14.2. The van der Waals surface area contributed by atoms with Crippen molar-refractivity contribution in [3.8, 4) is 50.3 Å². The Morgan fingerprint density at radius 3 is 1.78 bits per heavy atom. The Morgan fingerprint density at radius 2 is 1.04 bits per heavy atom. The number of hydrogen-bond acceptors (Lipinski definition) is 2. The third-order valence-electron chi connectivity index (χ3n) is 9.67. The molecule has 0 aliphatic heterocycles. The van der Waals surface area contributed by atoms with Crippen molar-refractivity contribution in [3.05, 3.63) is 199 Å². The molecule has 0 spiro atoms. The molecule has 0 saturated carbocycles. The summed E-state index contributed by atoms with van der Waals surface area (Å²) in [7, 11) is 0. The van der Waals surface area contributed by atoms with Gasteiger partial charge in [0.15, 0.2) is 0 Å². The summed E-state index contributed by atoms with van der Waals surface area (Å²) in [6.45, 7) is 2.30. The summed E-state index contributed by atoms with van der Waals surface area (Å²) >= 11 is 0. The van der Waals surface area contributed by atoms with E-state index in [-0.39, 0.29) is 5.75 Å². The van der Waals surface area contributed by atoms with E-state index in [1.54, 1.807) is 6.07 Å². The van der Waals surface area contributed by atoms with E-state index in [1.807, 2.05) is 36.4 Å². The van der Waals surface area contributed by atoms with Crippen LogP contribution in [0.2, 0.25) is 0 Å². The lowest BCUT2D eigenvalue weighted by molar-refractivity contribution is 0.477. The number of phenolic OH excluding ortho intramolecular Hbond substituents is 1. The molecule has 0 radical (unpaired) electrons. The molecule has 2 nitrogen and oxygen atoms in total. The normalized spacial score (nSPS) is 14.0. The first-order valence-corrected chi connectivity index (χ1v) is 17.6. The largest absolute Gasteiger partial charge is 0.507 e. The van der Waals surface area contributed by atoms with Gasteiger partial charge in [-0.25, -0.2) is 0 Å². The number of allylic oxidation sites excluding steroid dienone is 4. The molecular weight excluding hydrogens is 619 g/mol. The van der Waals surface area contributed by atoms with Gasteiger partial charge in [-0.15, -0.1) is 0 Å². The Kier molecular flexibility index (Phi) is 8.89. The predicted octanol–water partition coefficient (Wildman–Crippen LogP) is 13.3. The number of nitrogens with one attached hydrogen (secondary N) is 1. The van der Waals surface area contributed by atoms with Gasteiger partial charge < -0.3 is 10.4 Å². The number of benzene rings is 7. The van der Waals surface area contributed by atoms with Crippen molar-refractivity contribution in [1.82, 2.24) is 0 Å². The second-order valence-electron chi connectivity index (χ2n) is 13.3. The Bertz CT molecular complexity index is 2370. The highest BCUT2D eigenvalue weighted by molar-refractivity contribution is 5.91. The summed E-state index contributed by atoms with van der Waals surface area (Å²) in [5, 5.41) is 14.6. The van der Waals surface area contributed by atoms with Crippen LogP contribution < -0.4 is 5.32 Å². The lowest BCUT2D eigenvalue weighted by atomic mass is 9.85. The molecule has 0 heterocycles. The molecule has 2 heteroatoms. The number of anilines is 2. The molecule has 7 aromatic carbocycles. The number of hydrogen-bond donors (Lipinski definition) is 2. The third kappa shape index (κ3) is 7.04. The Morgan fingerprint density at radius 1 is 0.471 bits per heavy atom. The van der Waals surface area contributed by atoms with E-state index in [0.29, 0.717) is 5.92 Å². The molecule has 1 aliphatic rings. The zero-order valence-electron chi connectivity index (χ0n) is 28.6. The molecule has 0 fully saturated rings. The maximum absolute atomic E-state index is 10.8. The minimum atomic E-state index is 0.274. The summed E-state index contributed by atoms with van der Waals surface area (Å²) < 4.78 is 0. The summed E-state index contributed by atoms with van der Waals surface area (Å²) in [5.74, 6) is 0.703. The van der Waals surface area contributed by atoms with Gasteiger partial charge in [0.2, 0.25) is 0 Å². The average molecular weight is 658 g/mol. The molecule has 0 aromatic heterocycles. The zero-order chi connectivity index (χ0) is 34.6. The van der Waals surface area contributed by atoms with Crippen molar-refractivity contribution >= 4 is 22.5 Å². The number of aromatic hydroxyl groups is 1. The topological polar surface area (TPSA) is 32.3 Å². The molecule has 0 unspecified atom stereocenters. The summed E-state index contributed by atoms with van der Waals surface area (Å²) in [4.78, 5) is 0. The van der Waals surface area contributed by atoms with E-state index in [0.717, 1.165) is 51.2 Å². The summed E-state index contributed by atoms with van der Waals surface area (Å²) in [5.41, 5.74) is 15.7. The van der Waals surface area contributed by atoms with Gasteiger partial charge in [-0.05, 0) is 110 Å². The fourth-order valence-corrected chi connectivity index (χ4v) is 7.11. The predicted molar refractivity (Wildman–Crippen MR) is 216 cm³/mol. The minimum Gasteiger partial charge on any atom is -0.507 e. The van der Waals surface area contributed by atoms with E-state index in [4.69, 9.17) is 0 Å². The van der Waals surface area contributed by atoms with Gasteiger partial charge in [0, 0.05) is 22.5 Å². The minimum absolute atomic E-state index is 0.274. The van der Waals surface area contributed by atoms with Crippen LogP contribution in [0.5, 0.6) is 5.75 Å². The van der Waals surface area contributed by atoms with Crippen LogP contribution in [0, 0.1) is 5.92 Å². The number of rotatable bonds is 8. The highest BCUT2D eigenvalue weighted by atomic mass is 16.3. The first kappa shape index (κ1) is 31.9. The lowest BCUT2D eigenvalue weighted by Crippen LogP contribution is -2.02. The van der Waals surface area contributed by atoms with Crippen molar-refractivity contribution in [3.63, 3.8) is 0 Å². The quantitative estimate of drug-likeness (QED) is 0.170. The van der Waals surface area contributed by atoms with Crippen molar-refractivity contribution in [2.75, 3.05) is 5.32 Å². The van der Waals surface area contributed by atoms with E-state index in [9.17, 15) is 5.11 Å². The molecule has 1 aliphatic carbocycles. The molecule has 51 heavy (non-hydrogen) atoms. The number of phenols is 1. The summed E-state index contributed by atoms with van der Waals surface area (Å²) in [6.07, 6.45) is 5.79. The molecule has 7 aromatic rings. The third-order valence-corrected chi connectivity index (χ3v) is 9.67. The Hall–Kier alpha value is -6.38. The lowest BCUT2D eigenvalue weighted by Gasteiger charge is -2.21. The van der Waals surface area contributed by atoms with E-state index in [2.05, 4.69) is 158 Å². The van der Waals surface area contributed by atoms with Gasteiger partial charge in [0.05, 0.1) is 0 Å². The maximum Gasteiger partial charge on any atom is 0.123 e. The van der Waals surface area contributed by atoms with E-state index < -0.39 is 0 Å². The van der Waals surface area contributed by atoms with Gasteiger partial charge in [0.25, 0.3) is 0 Å². The highest BCUT2D eigenvalue weighted by Crippen LogP contribution is 2.40. The van der Waals surface area contributed by atoms with Gasteiger partial charge in [-0.1, -0.05) is 153 Å². The SMILES string of the molecule is C[C@@H]1C=C(c2ccc(Nc3cccc(-c4ccccc4)c3)c(-c3cccc(-c4ccc(O)c(-c5ccccc5)c4)c3)c2)C=C(c2ccccc2)C1. The Labute approximate surface area is 300 Å². The molecule has 0 saturated heterocycles. The molecule has 2 N–H and O–H groups in total. The van der Waals surface area contributed by atoms with Crippen LogP contribution in [0.4, 0.5) is 11.4 Å². The smallest absolute Gasteiger partial charge is 0.123 e. The van der Waals surface area contributed by atoms with Crippen molar-refractivity contribution in [2.24, 2.45) is 5.92 Å². The first-order chi connectivity index (χ1) is 25.1. The van der Waals surface area contributed by atoms with Crippen LogP contribution in [-0.2, 0) is 0 Å². The van der Waals surface area contributed by atoms with Crippen LogP contribution in [0.15, 0.2) is 188 Å². The van der Waals surface area contributed by atoms with Crippen LogP contribution >= 0.6 is 0 Å². The van der Waals surface area contributed by atoms with E-state index >= 15 is 0 Å². The van der Waals surface area contributed by atoms with Crippen molar-refractivity contribution in [1.29, 1.82) is 0 Å². The van der Waals surface area contributed by atoms with Gasteiger partial charge >= 0.3 is 0 Å².